The lowest BCUT2D eigenvalue weighted by Crippen LogP contribution is -2.40. The van der Waals surface area contributed by atoms with Crippen LogP contribution in [0.25, 0.3) is 11.1 Å². The van der Waals surface area contributed by atoms with Crippen LogP contribution >= 0.6 is 21.6 Å². The Balaban J connectivity index is 1.35. The fourth-order valence-corrected chi connectivity index (χ4v) is 11.5. The number of hydrogen-bond donors (Lipinski definition) is 3. The molecule has 1 fully saturated rings. The van der Waals surface area contributed by atoms with Crippen LogP contribution < -0.4 is 18.9 Å². The lowest BCUT2D eigenvalue weighted by molar-refractivity contribution is 0.000868. The Bertz CT molecular complexity index is 1820. The molecule has 0 unspecified atom stereocenters. The standard InChI is InChI=1S/C40H44O7S2/c1-21-11-12-22-17-29-34(25-14-13-23(41)18-27(22)25)30(44-2)20-31-35(29)36-33(49-48-16-15-21)10-6-9-26-28(40(47-31)38(36)43)19-32(37(42)39(26)45-3)46-24-7-4-5-8-24/h13-14,18-22,24,33,36,38,40-43H,4-5,7-9,11-12,15-17H2,1-3H3/t21-,22+,33+,36-,38-,40+/m1/s1. The van der Waals surface area contributed by atoms with E-state index in [9.17, 15) is 15.3 Å². The molecule has 0 aromatic heterocycles. The monoisotopic (exact) mass is 700 g/mol. The van der Waals surface area contributed by atoms with Crippen molar-refractivity contribution in [3.63, 3.8) is 0 Å². The van der Waals surface area contributed by atoms with Gasteiger partial charge in [0.05, 0.1) is 25.6 Å². The maximum Gasteiger partial charge on any atom is 0.201 e. The summed E-state index contributed by atoms with van der Waals surface area (Å²) in [5.74, 6) is 10.7. The first-order valence-corrected chi connectivity index (χ1v) is 20.0. The molecule has 3 aromatic rings. The van der Waals surface area contributed by atoms with E-state index in [1.807, 2.05) is 35.1 Å². The van der Waals surface area contributed by atoms with Crippen molar-refractivity contribution in [2.24, 2.45) is 5.92 Å². The normalized spacial score (nSPS) is 27.3. The van der Waals surface area contributed by atoms with Crippen molar-refractivity contribution < 1.29 is 34.3 Å². The van der Waals surface area contributed by atoms with Crippen LogP contribution in [-0.2, 0) is 12.8 Å². The van der Waals surface area contributed by atoms with Crippen molar-refractivity contribution in [2.45, 2.75) is 100 Å². The van der Waals surface area contributed by atoms with E-state index in [-0.39, 0.29) is 34.7 Å². The van der Waals surface area contributed by atoms with Gasteiger partial charge in [-0.1, -0.05) is 52.8 Å². The van der Waals surface area contributed by atoms with E-state index in [0.717, 1.165) is 90.5 Å². The minimum Gasteiger partial charge on any atom is -0.508 e. The highest BCUT2D eigenvalue weighted by Gasteiger charge is 2.47. The summed E-state index contributed by atoms with van der Waals surface area (Å²) in [6, 6.07) is 9.53. The second-order valence-corrected chi connectivity index (χ2v) is 16.9. The van der Waals surface area contributed by atoms with Gasteiger partial charge in [0.2, 0.25) is 5.75 Å². The van der Waals surface area contributed by atoms with Gasteiger partial charge in [0.1, 0.15) is 23.4 Å². The van der Waals surface area contributed by atoms with Gasteiger partial charge in [-0.05, 0) is 91.7 Å². The predicted octanol–water partition coefficient (Wildman–Crippen LogP) is 8.45. The largest absolute Gasteiger partial charge is 0.508 e. The van der Waals surface area contributed by atoms with Gasteiger partial charge < -0.3 is 34.3 Å². The molecule has 0 amide bonds. The van der Waals surface area contributed by atoms with Crippen molar-refractivity contribution in [2.75, 3.05) is 20.0 Å². The average Bonchev–Trinajstić information content (AvgIpc) is 3.62. The zero-order chi connectivity index (χ0) is 33.8. The maximum absolute atomic E-state index is 12.7. The molecule has 3 aromatic carbocycles. The van der Waals surface area contributed by atoms with Gasteiger partial charge in [0, 0.05) is 46.4 Å². The number of ether oxygens (including phenoxy) is 4. The lowest BCUT2D eigenvalue weighted by atomic mass is 9.70. The first-order valence-electron chi connectivity index (χ1n) is 17.6. The first kappa shape index (κ1) is 32.9. The Morgan fingerprint density at radius 3 is 2.55 bits per heavy atom. The molecule has 0 radical (unpaired) electrons. The van der Waals surface area contributed by atoms with Crippen LogP contribution in [0.3, 0.4) is 0 Å². The van der Waals surface area contributed by atoms with Gasteiger partial charge in [-0.2, -0.15) is 0 Å². The van der Waals surface area contributed by atoms with Crippen LogP contribution in [-0.4, -0.2) is 52.7 Å². The van der Waals surface area contributed by atoms with E-state index in [1.165, 1.54) is 0 Å². The van der Waals surface area contributed by atoms with Crippen molar-refractivity contribution >= 4 is 21.6 Å². The number of fused-ring (bicyclic) bond motifs is 7. The van der Waals surface area contributed by atoms with Crippen LogP contribution in [0.4, 0.5) is 0 Å². The Morgan fingerprint density at radius 1 is 0.918 bits per heavy atom. The number of methoxy groups -OCH3 is 2. The maximum atomic E-state index is 12.7. The van der Waals surface area contributed by atoms with E-state index < -0.39 is 12.2 Å². The molecule has 3 N–H and O–H groups in total. The Hall–Kier alpha value is -3.32. The molecule has 7 nitrogen and oxygen atoms in total. The summed E-state index contributed by atoms with van der Waals surface area (Å²) < 4.78 is 25.3. The number of rotatable bonds is 4. The first-order chi connectivity index (χ1) is 23.9. The average molecular weight is 701 g/mol. The highest BCUT2D eigenvalue weighted by atomic mass is 33.1. The molecule has 1 saturated carbocycles. The van der Waals surface area contributed by atoms with Crippen molar-refractivity contribution in [1.82, 2.24) is 0 Å². The van der Waals surface area contributed by atoms with Gasteiger partial charge in [0.25, 0.3) is 0 Å². The zero-order valence-electron chi connectivity index (χ0n) is 28.3. The molecule has 9 heteroatoms. The second kappa shape index (κ2) is 13.4. The highest BCUT2D eigenvalue weighted by Crippen LogP contribution is 2.58. The van der Waals surface area contributed by atoms with Gasteiger partial charge in [0.15, 0.2) is 17.6 Å². The van der Waals surface area contributed by atoms with Crippen LogP contribution in [0.15, 0.2) is 30.3 Å². The van der Waals surface area contributed by atoms with E-state index >= 15 is 0 Å². The number of aromatic hydroxyl groups is 2. The Labute approximate surface area is 296 Å². The number of benzene rings is 3. The van der Waals surface area contributed by atoms with Gasteiger partial charge >= 0.3 is 0 Å². The van der Waals surface area contributed by atoms with E-state index in [0.29, 0.717) is 40.9 Å². The molecule has 258 valence electrons. The van der Waals surface area contributed by atoms with E-state index in [4.69, 9.17) is 18.9 Å². The number of hydrogen-bond acceptors (Lipinski definition) is 9. The summed E-state index contributed by atoms with van der Waals surface area (Å²) in [7, 11) is 6.83. The molecular formula is C40H44O7S2. The molecule has 2 heterocycles. The fourth-order valence-electron chi connectivity index (χ4n) is 8.73. The molecule has 8 rings (SSSR count). The Kier molecular flexibility index (Phi) is 9.00. The quantitative estimate of drug-likeness (QED) is 0.183. The van der Waals surface area contributed by atoms with Crippen LogP contribution in [0.2, 0.25) is 0 Å². The minimum atomic E-state index is -0.938. The van der Waals surface area contributed by atoms with Crippen molar-refractivity contribution in [3.8, 4) is 57.5 Å². The molecule has 2 aliphatic heterocycles. The van der Waals surface area contributed by atoms with Crippen LogP contribution in [0, 0.1) is 17.8 Å². The second-order valence-electron chi connectivity index (χ2n) is 14.2. The molecule has 4 bridgehead atoms. The van der Waals surface area contributed by atoms with Crippen LogP contribution in [0.5, 0.6) is 34.5 Å². The number of phenols is 2. The summed E-state index contributed by atoms with van der Waals surface area (Å²) in [5.41, 5.74) is 6.78. The summed E-state index contributed by atoms with van der Waals surface area (Å²) in [6.07, 6.45) is 6.68. The lowest BCUT2D eigenvalue weighted by Gasteiger charge is -2.42. The molecule has 49 heavy (non-hydrogen) atoms. The molecule has 0 spiro atoms. The molecule has 3 aliphatic carbocycles. The predicted molar refractivity (Wildman–Crippen MR) is 195 cm³/mol. The molecule has 5 aliphatic rings. The van der Waals surface area contributed by atoms with Gasteiger partial charge in [-0.15, -0.1) is 0 Å². The Morgan fingerprint density at radius 2 is 1.76 bits per heavy atom. The summed E-state index contributed by atoms with van der Waals surface area (Å²) in [5, 5.41) is 34.5. The van der Waals surface area contributed by atoms with E-state index in [2.05, 4.69) is 18.8 Å². The van der Waals surface area contributed by atoms with Crippen LogP contribution in [0.1, 0.15) is 97.6 Å². The third-order valence-corrected chi connectivity index (χ3v) is 13.9. The molecule has 6 atom stereocenters. The molecular weight excluding hydrogens is 657 g/mol. The summed E-state index contributed by atoms with van der Waals surface area (Å²) in [6.45, 7) is 2.33. The van der Waals surface area contributed by atoms with E-state index in [1.54, 1.807) is 31.1 Å². The summed E-state index contributed by atoms with van der Waals surface area (Å²) in [4.78, 5) is 0. The van der Waals surface area contributed by atoms with Crippen molar-refractivity contribution in [1.29, 1.82) is 0 Å². The number of aliphatic hydroxyl groups is 1. The SMILES string of the molecule is COc1cc2c3c4c1-c1ccc(O)cc1[C@@H](CC[C@@H](C)CCSS[C@H]1C#CCc5c(cc(OC6CCCC6)c(O)c5OC)[C@H](O2)[C@H](O)[C@@H]31)C4. The third-order valence-electron chi connectivity index (χ3n) is 11.3. The van der Waals surface area contributed by atoms with Crippen molar-refractivity contribution in [3.05, 3.63) is 58.1 Å². The highest BCUT2D eigenvalue weighted by molar-refractivity contribution is 8.77. The third kappa shape index (κ3) is 5.78. The fraction of sp³-hybridized carbons (Fsp3) is 0.500. The number of aliphatic hydroxyl groups excluding tert-OH is 1. The number of phenolic OH excluding ortho intramolecular Hbond substituents is 2. The summed E-state index contributed by atoms with van der Waals surface area (Å²) >= 11 is 0. The molecule has 0 saturated heterocycles. The van der Waals surface area contributed by atoms with Gasteiger partial charge in [-0.25, -0.2) is 0 Å². The van der Waals surface area contributed by atoms with Gasteiger partial charge in [-0.3, -0.25) is 0 Å². The minimum absolute atomic E-state index is 0.0205. The smallest absolute Gasteiger partial charge is 0.201 e. The topological polar surface area (TPSA) is 97.6 Å². The zero-order valence-corrected chi connectivity index (χ0v) is 29.9.